The zero-order valence-electron chi connectivity index (χ0n) is 12.6. The molecule has 1 aromatic heterocycles. The zero-order valence-corrected chi connectivity index (χ0v) is 12.6. The summed E-state index contributed by atoms with van der Waals surface area (Å²) in [4.78, 5) is 15.8. The van der Waals surface area contributed by atoms with E-state index >= 15 is 0 Å². The van der Waals surface area contributed by atoms with Crippen LogP contribution in [-0.2, 0) is 0 Å². The lowest BCUT2D eigenvalue weighted by Gasteiger charge is -2.10. The first kappa shape index (κ1) is 15.3. The second-order valence-electron chi connectivity index (χ2n) is 5.70. The molecule has 0 saturated carbocycles. The molecule has 1 heterocycles. The minimum atomic E-state index is -0.946. The third-order valence-electron chi connectivity index (χ3n) is 3.46. The third kappa shape index (κ3) is 4.18. The van der Waals surface area contributed by atoms with E-state index in [-0.39, 0.29) is 5.56 Å². The molecule has 0 unspecified atom stereocenters. The third-order valence-corrected chi connectivity index (χ3v) is 3.46. The highest BCUT2D eigenvalue weighted by atomic mass is 16.4. The van der Waals surface area contributed by atoms with Gasteiger partial charge in [0.1, 0.15) is 11.4 Å². The topological polar surface area (TPSA) is 62.2 Å². The lowest BCUT2D eigenvalue weighted by molar-refractivity contribution is 0.0698. The predicted molar refractivity (Wildman–Crippen MR) is 85.9 cm³/mol. The number of aromatic carboxylic acids is 1. The highest BCUT2D eigenvalue weighted by Crippen LogP contribution is 2.20. The Labute approximate surface area is 125 Å². The van der Waals surface area contributed by atoms with E-state index in [2.05, 4.69) is 24.1 Å². The molecule has 0 atom stereocenters. The summed E-state index contributed by atoms with van der Waals surface area (Å²) >= 11 is 0. The van der Waals surface area contributed by atoms with Gasteiger partial charge in [-0.2, -0.15) is 0 Å². The number of carbonyl (C=O) groups is 1. The van der Waals surface area contributed by atoms with Crippen LogP contribution in [0.15, 0.2) is 30.3 Å². The molecule has 2 N–H and O–H groups in total. The van der Waals surface area contributed by atoms with Gasteiger partial charge in [0.15, 0.2) is 0 Å². The molecule has 1 aromatic carbocycles. The maximum Gasteiger partial charge on any atom is 0.339 e. The normalized spacial score (nSPS) is 11.0. The van der Waals surface area contributed by atoms with Crippen molar-refractivity contribution in [3.05, 3.63) is 35.9 Å². The lowest BCUT2D eigenvalue weighted by Crippen LogP contribution is -2.10. The van der Waals surface area contributed by atoms with Crippen molar-refractivity contribution in [3.63, 3.8) is 0 Å². The first-order chi connectivity index (χ1) is 10.1. The number of anilines is 1. The van der Waals surface area contributed by atoms with Gasteiger partial charge in [0, 0.05) is 11.9 Å². The summed E-state index contributed by atoms with van der Waals surface area (Å²) < 4.78 is 0. The SMILES string of the molecule is CC(C)CCCCNc1nc2ccccc2cc1C(=O)O. The van der Waals surface area contributed by atoms with Crippen LogP contribution in [0.3, 0.4) is 0 Å². The Balaban J connectivity index is 2.10. The maximum atomic E-state index is 11.4. The Bertz CT molecular complexity index is 623. The summed E-state index contributed by atoms with van der Waals surface area (Å²) in [6.45, 7) is 5.17. The van der Waals surface area contributed by atoms with Gasteiger partial charge in [-0.3, -0.25) is 0 Å². The largest absolute Gasteiger partial charge is 0.478 e. The molecule has 0 aliphatic carbocycles. The number of hydrogen-bond donors (Lipinski definition) is 2. The molecule has 0 bridgehead atoms. The van der Waals surface area contributed by atoms with E-state index in [1.165, 1.54) is 6.42 Å². The van der Waals surface area contributed by atoms with Crippen LogP contribution in [0.5, 0.6) is 0 Å². The van der Waals surface area contributed by atoms with E-state index in [1.54, 1.807) is 6.07 Å². The first-order valence-electron chi connectivity index (χ1n) is 7.45. The summed E-state index contributed by atoms with van der Waals surface area (Å²) in [5.74, 6) is 0.224. The molecular formula is C17H22N2O2. The van der Waals surface area contributed by atoms with Gasteiger partial charge in [-0.25, -0.2) is 9.78 Å². The molecule has 0 spiro atoms. The van der Waals surface area contributed by atoms with Crippen molar-refractivity contribution in [1.82, 2.24) is 4.98 Å². The van der Waals surface area contributed by atoms with Crippen LogP contribution in [0.1, 0.15) is 43.5 Å². The Morgan fingerprint density at radius 3 is 2.76 bits per heavy atom. The number of benzene rings is 1. The first-order valence-corrected chi connectivity index (χ1v) is 7.45. The van der Waals surface area contributed by atoms with Gasteiger partial charge in [0.25, 0.3) is 0 Å². The van der Waals surface area contributed by atoms with E-state index in [9.17, 15) is 9.90 Å². The summed E-state index contributed by atoms with van der Waals surface area (Å²) in [5.41, 5.74) is 1.05. The van der Waals surface area contributed by atoms with Crippen molar-refractivity contribution in [2.24, 2.45) is 5.92 Å². The molecule has 0 radical (unpaired) electrons. The number of unbranched alkanes of at least 4 members (excludes halogenated alkanes) is 1. The van der Waals surface area contributed by atoms with Crippen LogP contribution in [0.2, 0.25) is 0 Å². The number of rotatable bonds is 7. The number of pyridine rings is 1. The van der Waals surface area contributed by atoms with Gasteiger partial charge in [-0.1, -0.05) is 44.9 Å². The smallest absolute Gasteiger partial charge is 0.339 e. The molecule has 0 fully saturated rings. The highest BCUT2D eigenvalue weighted by molar-refractivity contribution is 5.98. The molecule has 2 rings (SSSR count). The van der Waals surface area contributed by atoms with Gasteiger partial charge in [0.05, 0.1) is 5.52 Å². The van der Waals surface area contributed by atoms with Crippen molar-refractivity contribution in [2.45, 2.75) is 33.1 Å². The van der Waals surface area contributed by atoms with E-state index in [4.69, 9.17) is 0 Å². The summed E-state index contributed by atoms with van der Waals surface area (Å²) in [5, 5.41) is 13.3. The number of carboxylic acids is 1. The summed E-state index contributed by atoms with van der Waals surface area (Å²) in [6.07, 6.45) is 3.35. The van der Waals surface area contributed by atoms with Crippen molar-refractivity contribution < 1.29 is 9.90 Å². The number of hydrogen-bond acceptors (Lipinski definition) is 3. The quantitative estimate of drug-likeness (QED) is 0.750. The molecular weight excluding hydrogens is 264 g/mol. The van der Waals surface area contributed by atoms with Crippen LogP contribution in [0.25, 0.3) is 10.9 Å². The van der Waals surface area contributed by atoms with Crippen molar-refractivity contribution in [1.29, 1.82) is 0 Å². The van der Waals surface area contributed by atoms with E-state index in [1.807, 2.05) is 24.3 Å². The van der Waals surface area contributed by atoms with Crippen molar-refractivity contribution in [2.75, 3.05) is 11.9 Å². The number of aromatic nitrogens is 1. The fourth-order valence-corrected chi connectivity index (χ4v) is 2.30. The fourth-order valence-electron chi connectivity index (χ4n) is 2.30. The van der Waals surface area contributed by atoms with Crippen molar-refractivity contribution >= 4 is 22.7 Å². The van der Waals surface area contributed by atoms with Gasteiger partial charge >= 0.3 is 5.97 Å². The molecule has 0 aliphatic heterocycles. The predicted octanol–water partition coefficient (Wildman–Crippen LogP) is 4.17. The molecule has 0 saturated heterocycles. The van der Waals surface area contributed by atoms with Gasteiger partial charge in [-0.15, -0.1) is 0 Å². The van der Waals surface area contributed by atoms with E-state index in [0.29, 0.717) is 11.7 Å². The monoisotopic (exact) mass is 286 g/mol. The van der Waals surface area contributed by atoms with Crippen molar-refractivity contribution in [3.8, 4) is 0 Å². The molecule has 4 heteroatoms. The molecule has 0 aliphatic rings. The van der Waals surface area contributed by atoms with Gasteiger partial charge in [0.2, 0.25) is 0 Å². The highest BCUT2D eigenvalue weighted by Gasteiger charge is 2.12. The number of carboxylic acid groups (broad SMARTS) is 1. The van der Waals surface area contributed by atoms with Crippen LogP contribution in [0, 0.1) is 5.92 Å². The number of nitrogens with one attached hydrogen (secondary N) is 1. The average Bonchev–Trinajstić information content (AvgIpc) is 2.45. The second kappa shape index (κ2) is 7.07. The lowest BCUT2D eigenvalue weighted by atomic mass is 10.1. The number of fused-ring (bicyclic) bond motifs is 1. The van der Waals surface area contributed by atoms with Crippen LogP contribution >= 0.6 is 0 Å². The van der Waals surface area contributed by atoms with Crippen LogP contribution in [0.4, 0.5) is 5.82 Å². The Morgan fingerprint density at radius 2 is 2.05 bits per heavy atom. The minimum absolute atomic E-state index is 0.234. The summed E-state index contributed by atoms with van der Waals surface area (Å²) in [7, 11) is 0. The molecule has 4 nitrogen and oxygen atoms in total. The fraction of sp³-hybridized carbons (Fsp3) is 0.412. The standard InChI is InChI=1S/C17H22N2O2/c1-12(2)7-5-6-10-18-16-14(17(20)21)11-13-8-3-4-9-15(13)19-16/h3-4,8-9,11-12H,5-7,10H2,1-2H3,(H,18,19)(H,20,21). The number of nitrogens with zero attached hydrogens (tertiary/aromatic N) is 1. The van der Waals surface area contributed by atoms with E-state index in [0.717, 1.165) is 30.3 Å². The van der Waals surface area contributed by atoms with Gasteiger partial charge < -0.3 is 10.4 Å². The number of para-hydroxylation sites is 1. The van der Waals surface area contributed by atoms with Crippen LogP contribution in [-0.4, -0.2) is 22.6 Å². The minimum Gasteiger partial charge on any atom is -0.478 e. The zero-order chi connectivity index (χ0) is 15.2. The second-order valence-corrected chi connectivity index (χ2v) is 5.70. The Kier molecular flexibility index (Phi) is 5.14. The molecule has 21 heavy (non-hydrogen) atoms. The maximum absolute atomic E-state index is 11.4. The molecule has 112 valence electrons. The van der Waals surface area contributed by atoms with E-state index < -0.39 is 5.97 Å². The molecule has 0 amide bonds. The Morgan fingerprint density at radius 1 is 1.29 bits per heavy atom. The van der Waals surface area contributed by atoms with Crippen LogP contribution < -0.4 is 5.32 Å². The Hall–Kier alpha value is -2.10. The van der Waals surface area contributed by atoms with Gasteiger partial charge in [-0.05, 0) is 24.5 Å². The molecule has 2 aromatic rings. The summed E-state index contributed by atoms with van der Waals surface area (Å²) in [6, 6.07) is 9.24. The average molecular weight is 286 g/mol.